The van der Waals surface area contributed by atoms with Crippen LogP contribution >= 0.6 is 27.7 Å². The molecule has 0 aliphatic rings. The van der Waals surface area contributed by atoms with Crippen LogP contribution in [0.1, 0.15) is 28.8 Å². The number of benzene rings is 2. The summed E-state index contributed by atoms with van der Waals surface area (Å²) < 4.78 is 5.79. The lowest BCUT2D eigenvalue weighted by Crippen LogP contribution is -2.50. The van der Waals surface area contributed by atoms with Crippen molar-refractivity contribution < 1.29 is 38.6 Å². The second-order valence-electron chi connectivity index (χ2n) is 8.05. The smallest absolute Gasteiger partial charge is 0.408 e. The topological polar surface area (TPSA) is 194 Å². The number of amides is 4. The number of carbonyl (C=O) groups excluding carboxylic acids is 5. The lowest BCUT2D eigenvalue weighted by Gasteiger charge is -2.19. The molecule has 0 radical (unpaired) electrons. The van der Waals surface area contributed by atoms with Crippen molar-refractivity contribution in [3.05, 3.63) is 70.2 Å². The van der Waals surface area contributed by atoms with Crippen LogP contribution in [0.5, 0.6) is 0 Å². The van der Waals surface area contributed by atoms with E-state index in [9.17, 15) is 33.9 Å². The Morgan fingerprint density at radius 2 is 1.62 bits per heavy atom. The predicted octanol–water partition coefficient (Wildman–Crippen LogP) is 1.57. The summed E-state index contributed by atoms with van der Waals surface area (Å²) in [6.45, 7) is -0.551. The number of alkyl carbamates (subject to hydrolysis) is 1. The molecular weight excluding hydrogens is 596 g/mol. The Morgan fingerprint density at radius 1 is 0.949 bits per heavy atom. The standard InChI is InChI=1S/C25H27BrN4O8S/c26-17-8-6-16(7-9-17)24(36)39-14-19(22(33)28-12-20(27)31)29-21(32)11-10-18(23(34)35)30-25(37)38-13-15-4-2-1-3-5-15/h1-9,18-19H,10-14H2,(H2,27,31)(H,28,33)(H,29,32)(H,30,37)(H,34,35). The fourth-order valence-electron chi connectivity index (χ4n) is 3.02. The van der Waals surface area contributed by atoms with E-state index in [2.05, 4.69) is 31.9 Å². The van der Waals surface area contributed by atoms with Crippen LogP contribution in [0.3, 0.4) is 0 Å². The monoisotopic (exact) mass is 622 g/mol. The zero-order chi connectivity index (χ0) is 28.8. The highest BCUT2D eigenvalue weighted by molar-refractivity contribution is 9.10. The molecule has 0 saturated carbocycles. The van der Waals surface area contributed by atoms with Crippen LogP contribution in [0.4, 0.5) is 4.79 Å². The normalized spacial score (nSPS) is 11.9. The number of nitrogens with one attached hydrogen (secondary N) is 3. The van der Waals surface area contributed by atoms with E-state index in [1.165, 1.54) is 0 Å². The highest BCUT2D eigenvalue weighted by atomic mass is 79.9. The number of carboxylic acid groups (broad SMARTS) is 1. The Hall–Kier alpha value is -3.91. The van der Waals surface area contributed by atoms with E-state index < -0.39 is 48.4 Å². The Kier molecular flexibility index (Phi) is 13.0. The molecule has 0 aliphatic carbocycles. The van der Waals surface area contributed by atoms with Crippen LogP contribution in [-0.2, 0) is 30.5 Å². The van der Waals surface area contributed by atoms with E-state index in [0.717, 1.165) is 16.2 Å². The van der Waals surface area contributed by atoms with Crippen LogP contribution in [0.15, 0.2) is 59.1 Å². The van der Waals surface area contributed by atoms with Crippen molar-refractivity contribution in [2.75, 3.05) is 12.3 Å². The molecule has 0 heterocycles. The Morgan fingerprint density at radius 3 is 2.23 bits per heavy atom. The number of carbonyl (C=O) groups is 6. The summed E-state index contributed by atoms with van der Waals surface area (Å²) in [5.41, 5.74) is 6.13. The van der Waals surface area contributed by atoms with Crippen molar-refractivity contribution in [3.63, 3.8) is 0 Å². The van der Waals surface area contributed by atoms with Crippen molar-refractivity contribution >= 4 is 62.6 Å². The average molecular weight is 623 g/mol. The summed E-state index contributed by atoms with van der Waals surface area (Å²) >= 11 is 4.05. The van der Waals surface area contributed by atoms with Crippen molar-refractivity contribution in [1.82, 2.24) is 16.0 Å². The van der Waals surface area contributed by atoms with Crippen molar-refractivity contribution in [2.24, 2.45) is 5.73 Å². The number of hydrogen-bond acceptors (Lipinski definition) is 8. The summed E-state index contributed by atoms with van der Waals surface area (Å²) in [4.78, 5) is 72.2. The van der Waals surface area contributed by atoms with Crippen molar-refractivity contribution in [2.45, 2.75) is 31.5 Å². The molecular formula is C25H27BrN4O8S. The second-order valence-corrected chi connectivity index (χ2v) is 9.95. The lowest BCUT2D eigenvalue weighted by atomic mass is 10.1. The van der Waals surface area contributed by atoms with Gasteiger partial charge >= 0.3 is 12.1 Å². The van der Waals surface area contributed by atoms with Gasteiger partial charge in [0.05, 0.1) is 6.54 Å². The Bertz CT molecular complexity index is 1180. The third-order valence-corrected chi connectivity index (χ3v) is 6.54. The fraction of sp³-hybridized carbons (Fsp3) is 0.280. The van der Waals surface area contributed by atoms with Crippen LogP contribution < -0.4 is 21.7 Å². The molecule has 2 atom stereocenters. The second kappa shape index (κ2) is 16.1. The van der Waals surface area contributed by atoms with E-state index in [4.69, 9.17) is 10.5 Å². The molecule has 12 nitrogen and oxygen atoms in total. The van der Waals surface area contributed by atoms with Gasteiger partial charge in [-0.05, 0) is 36.2 Å². The number of carboxylic acids is 1. The predicted molar refractivity (Wildman–Crippen MR) is 145 cm³/mol. The molecule has 0 fully saturated rings. The van der Waals surface area contributed by atoms with Gasteiger partial charge in [-0.25, -0.2) is 9.59 Å². The third kappa shape index (κ3) is 12.0. The molecule has 0 aliphatic heterocycles. The summed E-state index contributed by atoms with van der Waals surface area (Å²) in [5, 5.41) is 16.0. The van der Waals surface area contributed by atoms with E-state index in [-0.39, 0.29) is 30.3 Å². The van der Waals surface area contributed by atoms with E-state index in [1.54, 1.807) is 54.6 Å². The van der Waals surface area contributed by atoms with Gasteiger partial charge in [-0.2, -0.15) is 0 Å². The number of ether oxygens (including phenoxy) is 1. The molecule has 39 heavy (non-hydrogen) atoms. The molecule has 2 rings (SSSR count). The number of rotatable bonds is 14. The minimum atomic E-state index is -1.44. The summed E-state index contributed by atoms with van der Waals surface area (Å²) in [7, 11) is 0. The van der Waals surface area contributed by atoms with Crippen LogP contribution in [0, 0.1) is 0 Å². The third-order valence-electron chi connectivity index (χ3n) is 5.01. The maximum Gasteiger partial charge on any atom is 0.408 e. The maximum atomic E-state index is 12.6. The minimum Gasteiger partial charge on any atom is -0.480 e. The lowest BCUT2D eigenvalue weighted by molar-refractivity contribution is -0.139. The van der Waals surface area contributed by atoms with E-state index in [1.807, 2.05) is 0 Å². The van der Waals surface area contributed by atoms with Crippen LogP contribution in [0.2, 0.25) is 0 Å². The van der Waals surface area contributed by atoms with Crippen LogP contribution in [-0.4, -0.2) is 64.4 Å². The Balaban J connectivity index is 1.92. The average Bonchev–Trinajstić information content (AvgIpc) is 2.91. The number of nitrogens with two attached hydrogens (primary N) is 1. The van der Waals surface area contributed by atoms with Crippen LogP contribution in [0.25, 0.3) is 0 Å². The van der Waals surface area contributed by atoms with Gasteiger partial charge < -0.3 is 31.5 Å². The van der Waals surface area contributed by atoms with E-state index >= 15 is 0 Å². The largest absolute Gasteiger partial charge is 0.480 e. The molecule has 6 N–H and O–H groups in total. The summed E-state index contributed by atoms with van der Waals surface area (Å²) in [6.07, 6.45) is -1.65. The molecule has 0 bridgehead atoms. The number of thioether (sulfide) groups is 1. The molecule has 2 aromatic rings. The fourth-order valence-corrected chi connectivity index (χ4v) is 4.13. The number of halogens is 1. The van der Waals surface area contributed by atoms with Gasteiger partial charge in [0.1, 0.15) is 18.7 Å². The molecule has 2 aromatic carbocycles. The first-order valence-electron chi connectivity index (χ1n) is 11.5. The highest BCUT2D eigenvalue weighted by Crippen LogP contribution is 2.17. The first-order valence-corrected chi connectivity index (χ1v) is 13.3. The van der Waals surface area contributed by atoms with Gasteiger partial charge in [0.15, 0.2) is 0 Å². The van der Waals surface area contributed by atoms with Gasteiger partial charge in [-0.15, -0.1) is 0 Å². The van der Waals surface area contributed by atoms with Gasteiger partial charge in [-0.3, -0.25) is 19.2 Å². The molecule has 14 heteroatoms. The maximum absolute atomic E-state index is 12.6. The molecule has 208 valence electrons. The van der Waals surface area contributed by atoms with Gasteiger partial charge in [0, 0.05) is 22.2 Å². The summed E-state index contributed by atoms with van der Waals surface area (Å²) in [6, 6.07) is 12.6. The molecule has 0 aromatic heterocycles. The SMILES string of the molecule is NC(=O)CNC(=O)C(CSC(=O)c1ccc(Br)cc1)NC(=O)CCC(NC(=O)OCc1ccccc1)C(=O)O. The van der Waals surface area contributed by atoms with Gasteiger partial charge in [0.2, 0.25) is 22.8 Å². The highest BCUT2D eigenvalue weighted by Gasteiger charge is 2.26. The minimum absolute atomic E-state index is 0.0712. The zero-order valence-corrected chi connectivity index (χ0v) is 23.0. The van der Waals surface area contributed by atoms with Gasteiger partial charge in [-0.1, -0.05) is 58.0 Å². The van der Waals surface area contributed by atoms with Crippen molar-refractivity contribution in [3.8, 4) is 0 Å². The Labute approximate surface area is 236 Å². The summed E-state index contributed by atoms with van der Waals surface area (Å²) in [5.74, 6) is -3.82. The first-order chi connectivity index (χ1) is 18.5. The zero-order valence-electron chi connectivity index (χ0n) is 20.6. The number of aliphatic carboxylic acids is 1. The number of hydrogen-bond donors (Lipinski definition) is 5. The molecule has 0 spiro atoms. The van der Waals surface area contributed by atoms with Gasteiger partial charge in [0.25, 0.3) is 0 Å². The molecule has 2 unspecified atom stereocenters. The molecule has 0 saturated heterocycles. The first kappa shape index (κ1) is 31.3. The quantitative estimate of drug-likeness (QED) is 0.208. The van der Waals surface area contributed by atoms with E-state index in [0.29, 0.717) is 11.1 Å². The number of primary amides is 1. The molecule has 4 amide bonds. The van der Waals surface area contributed by atoms with Crippen molar-refractivity contribution in [1.29, 1.82) is 0 Å².